The molecule has 3 aromatic rings. The summed E-state index contributed by atoms with van der Waals surface area (Å²) in [4.78, 5) is 41.9. The van der Waals surface area contributed by atoms with Gasteiger partial charge >= 0.3 is 5.97 Å². The van der Waals surface area contributed by atoms with Crippen LogP contribution in [0.5, 0.6) is 0 Å². The molecule has 3 heterocycles. The molecule has 9 heteroatoms. The number of fused-ring (bicyclic) bond motifs is 3. The second-order valence-corrected chi connectivity index (χ2v) is 12.2. The number of nitrogens with zero attached hydrogens (tertiary/aromatic N) is 2. The molecule has 8 nitrogen and oxygen atoms in total. The largest absolute Gasteiger partial charge is 0.434 e. The lowest BCUT2D eigenvalue weighted by molar-refractivity contribution is -0.141. The van der Waals surface area contributed by atoms with Gasteiger partial charge in [-0.05, 0) is 81.7 Å². The van der Waals surface area contributed by atoms with Crippen molar-refractivity contribution in [2.45, 2.75) is 69.7 Å². The fraction of sp³-hybridized carbons (Fsp3) is 0.469. The second kappa shape index (κ2) is 10.6. The van der Waals surface area contributed by atoms with Crippen molar-refractivity contribution < 1.29 is 23.5 Å². The number of rotatable bonds is 6. The third-order valence-electron chi connectivity index (χ3n) is 9.24. The van der Waals surface area contributed by atoms with Crippen molar-refractivity contribution in [3.05, 3.63) is 65.9 Å². The molecule has 41 heavy (non-hydrogen) atoms. The van der Waals surface area contributed by atoms with Crippen LogP contribution in [0.1, 0.15) is 67.9 Å². The van der Waals surface area contributed by atoms with Crippen LogP contribution in [0, 0.1) is 11.8 Å². The Morgan fingerprint density at radius 3 is 2.51 bits per heavy atom. The highest BCUT2D eigenvalue weighted by molar-refractivity contribution is 6.02. The Kier molecular flexibility index (Phi) is 7.09. The van der Waals surface area contributed by atoms with E-state index in [4.69, 9.17) is 10.5 Å². The fourth-order valence-corrected chi connectivity index (χ4v) is 7.13. The smallest absolute Gasteiger partial charge is 0.357 e. The predicted molar refractivity (Wildman–Crippen MR) is 154 cm³/mol. The number of aromatic nitrogens is 1. The van der Waals surface area contributed by atoms with Gasteiger partial charge in [-0.25, -0.2) is 9.18 Å². The van der Waals surface area contributed by atoms with E-state index in [0.29, 0.717) is 37.2 Å². The number of esters is 1. The van der Waals surface area contributed by atoms with Gasteiger partial charge in [0.15, 0.2) is 5.72 Å². The number of ether oxygens (including phenoxy) is 1. The number of hydrogen-bond donors (Lipinski definition) is 2. The zero-order chi connectivity index (χ0) is 28.9. The maximum Gasteiger partial charge on any atom is 0.357 e. The lowest BCUT2D eigenvalue weighted by atomic mass is 9.78. The first-order chi connectivity index (χ1) is 19.7. The Morgan fingerprint density at radius 1 is 1.07 bits per heavy atom. The molecule has 2 aliphatic heterocycles. The molecule has 6 rings (SSSR count). The van der Waals surface area contributed by atoms with E-state index >= 15 is 0 Å². The Morgan fingerprint density at radius 2 is 1.80 bits per heavy atom. The minimum atomic E-state index is -0.789. The van der Waals surface area contributed by atoms with Crippen molar-refractivity contribution in [1.29, 1.82) is 0 Å². The Labute approximate surface area is 239 Å². The lowest BCUT2D eigenvalue weighted by Gasteiger charge is -2.35. The second-order valence-electron chi connectivity index (χ2n) is 12.2. The number of cyclic esters (lactones) is 1. The molecule has 216 valence electrons. The van der Waals surface area contributed by atoms with Crippen LogP contribution in [0.15, 0.2) is 54.6 Å². The van der Waals surface area contributed by atoms with E-state index in [-0.39, 0.29) is 35.5 Å². The molecule has 3 aliphatic rings. The first kappa shape index (κ1) is 27.4. The van der Waals surface area contributed by atoms with Crippen LogP contribution >= 0.6 is 0 Å². The summed E-state index contributed by atoms with van der Waals surface area (Å²) < 4.78 is 20.5. The van der Waals surface area contributed by atoms with Crippen LogP contribution in [0.4, 0.5) is 10.1 Å². The van der Waals surface area contributed by atoms with Gasteiger partial charge in [-0.1, -0.05) is 30.3 Å². The van der Waals surface area contributed by atoms with Crippen LogP contribution in [0.25, 0.3) is 10.9 Å². The van der Waals surface area contributed by atoms with E-state index < -0.39 is 24.5 Å². The van der Waals surface area contributed by atoms with Crippen LogP contribution in [-0.4, -0.2) is 52.6 Å². The summed E-state index contributed by atoms with van der Waals surface area (Å²) in [5.41, 5.74) is 8.10. The number of halogens is 1. The average Bonchev–Trinajstić information content (AvgIpc) is 3.65. The van der Waals surface area contributed by atoms with Crippen LogP contribution in [0.2, 0.25) is 0 Å². The summed E-state index contributed by atoms with van der Waals surface area (Å²) in [7, 11) is 0. The van der Waals surface area contributed by atoms with Gasteiger partial charge in [0.2, 0.25) is 11.8 Å². The van der Waals surface area contributed by atoms with E-state index in [1.54, 1.807) is 11.0 Å². The molecule has 0 radical (unpaired) electrons. The molecule has 1 aromatic heterocycles. The number of amides is 2. The maximum atomic E-state index is 14.0. The summed E-state index contributed by atoms with van der Waals surface area (Å²) in [5.74, 6) is -0.833. The van der Waals surface area contributed by atoms with Crippen molar-refractivity contribution in [3.63, 3.8) is 0 Å². The highest BCUT2D eigenvalue weighted by atomic mass is 19.1. The van der Waals surface area contributed by atoms with Crippen molar-refractivity contribution in [3.8, 4) is 0 Å². The van der Waals surface area contributed by atoms with Crippen LogP contribution in [-0.2, 0) is 20.1 Å². The summed E-state index contributed by atoms with van der Waals surface area (Å²) >= 11 is 0. The van der Waals surface area contributed by atoms with Gasteiger partial charge in [0, 0.05) is 35.5 Å². The zero-order valence-electron chi connectivity index (χ0n) is 23.5. The van der Waals surface area contributed by atoms with E-state index in [2.05, 4.69) is 5.32 Å². The summed E-state index contributed by atoms with van der Waals surface area (Å²) in [5, 5.41) is 3.90. The van der Waals surface area contributed by atoms with Crippen LogP contribution in [0.3, 0.4) is 0 Å². The Bertz CT molecular complexity index is 1480. The number of likely N-dealkylation sites (tertiary alicyclic amines) is 1. The molecule has 3 atom stereocenters. The molecule has 0 unspecified atom stereocenters. The quantitative estimate of drug-likeness (QED) is 0.416. The molecule has 2 amide bonds. The number of carbonyl (C=O) groups is 3. The van der Waals surface area contributed by atoms with Crippen molar-refractivity contribution in [2.75, 3.05) is 18.5 Å². The lowest BCUT2D eigenvalue weighted by Crippen LogP contribution is -2.48. The van der Waals surface area contributed by atoms with Gasteiger partial charge in [-0.3, -0.25) is 14.2 Å². The number of alkyl halides is 1. The van der Waals surface area contributed by atoms with Crippen molar-refractivity contribution in [2.24, 2.45) is 17.6 Å². The third kappa shape index (κ3) is 4.90. The standard InChI is InChI=1S/C32H37FN4O4/c1-32(2)37-26-13-12-23(16-22(26)17-27(37)31(40)41-32)35-29(38)28-24(19-6-4-3-5-7-19)14-15-36(28)30(39)21-10-8-20(9-11-21)25(34)18-33/h3-7,12-13,16-17,20-21,24-25,28H,8-11,14-15,18,34H2,1-2H3,(H,35,38)/t20-,21-,24-,25+,28-/m0/s1. The fourth-order valence-electron chi connectivity index (χ4n) is 7.13. The number of benzene rings is 2. The highest BCUT2D eigenvalue weighted by Crippen LogP contribution is 2.39. The number of nitrogens with two attached hydrogens (primary N) is 1. The molecule has 0 spiro atoms. The first-order valence-electron chi connectivity index (χ1n) is 14.5. The minimum Gasteiger partial charge on any atom is -0.434 e. The van der Waals surface area contributed by atoms with Crippen LogP contribution < -0.4 is 11.1 Å². The van der Waals surface area contributed by atoms with Gasteiger partial charge in [-0.15, -0.1) is 0 Å². The number of anilines is 1. The molecule has 3 N–H and O–H groups in total. The van der Waals surface area contributed by atoms with E-state index in [1.807, 2.05) is 66.9 Å². The summed E-state index contributed by atoms with van der Waals surface area (Å²) in [6.45, 7) is 3.64. The van der Waals surface area contributed by atoms with E-state index in [9.17, 15) is 18.8 Å². The maximum absolute atomic E-state index is 14.0. The van der Waals surface area contributed by atoms with E-state index in [1.165, 1.54) is 0 Å². The predicted octanol–water partition coefficient (Wildman–Crippen LogP) is 4.93. The highest BCUT2D eigenvalue weighted by Gasteiger charge is 2.45. The molecular weight excluding hydrogens is 523 g/mol. The van der Waals surface area contributed by atoms with Gasteiger partial charge in [0.05, 0.1) is 5.52 Å². The van der Waals surface area contributed by atoms with Crippen molar-refractivity contribution in [1.82, 2.24) is 9.47 Å². The molecule has 1 aliphatic carbocycles. The molecular formula is C32H37FN4O4. The van der Waals surface area contributed by atoms with Gasteiger partial charge in [0.25, 0.3) is 0 Å². The molecule has 1 saturated carbocycles. The molecule has 2 aromatic carbocycles. The Hall–Kier alpha value is -3.72. The number of carbonyl (C=O) groups excluding carboxylic acids is 3. The van der Waals surface area contributed by atoms with Gasteiger partial charge in [-0.2, -0.15) is 0 Å². The van der Waals surface area contributed by atoms with Crippen molar-refractivity contribution >= 4 is 34.4 Å². The minimum absolute atomic E-state index is 0.00379. The van der Waals surface area contributed by atoms with Gasteiger partial charge < -0.3 is 20.7 Å². The molecule has 2 fully saturated rings. The van der Waals surface area contributed by atoms with E-state index in [0.717, 1.165) is 29.3 Å². The topological polar surface area (TPSA) is 107 Å². The molecule has 1 saturated heterocycles. The summed E-state index contributed by atoms with van der Waals surface area (Å²) in [6, 6.07) is 16.1. The average molecular weight is 561 g/mol. The monoisotopic (exact) mass is 560 g/mol. The SMILES string of the molecule is CC1(C)OC(=O)c2cc3cc(NC(=O)[C@@H]4[C@H](c5ccccc5)CCN4C(=O)[C@H]4CC[C@H]([C@H](N)CF)CC4)ccc3n21. The first-order valence-corrected chi connectivity index (χ1v) is 14.5. The molecule has 0 bridgehead atoms. The third-order valence-corrected chi connectivity index (χ3v) is 9.24. The Balaban J connectivity index is 1.25. The summed E-state index contributed by atoms with van der Waals surface area (Å²) in [6.07, 6.45) is 3.46. The zero-order valence-corrected chi connectivity index (χ0v) is 23.5. The number of nitrogens with one attached hydrogen (secondary N) is 1. The van der Waals surface area contributed by atoms with Gasteiger partial charge in [0.1, 0.15) is 18.4 Å². The number of hydrogen-bond acceptors (Lipinski definition) is 5. The normalized spacial score (nSPS) is 26.0.